The molecule has 0 aliphatic carbocycles. The van der Waals surface area contributed by atoms with Crippen LogP contribution in [0.15, 0.2) is 48.5 Å². The third-order valence-electron chi connectivity index (χ3n) is 3.94. The maximum absolute atomic E-state index is 5.97. The van der Waals surface area contributed by atoms with Gasteiger partial charge in [-0.25, -0.2) is 0 Å². The highest BCUT2D eigenvalue weighted by atomic mass is 35.5. The molecule has 0 radical (unpaired) electrons. The van der Waals surface area contributed by atoms with Crippen molar-refractivity contribution in [1.29, 1.82) is 0 Å². The lowest BCUT2D eigenvalue weighted by molar-refractivity contribution is 0.247. The lowest BCUT2D eigenvalue weighted by Crippen LogP contribution is -2.20. The topological polar surface area (TPSA) is 3.24 Å². The Hall–Kier alpha value is -1.31. The van der Waals surface area contributed by atoms with Gasteiger partial charge in [-0.1, -0.05) is 48.0 Å². The Morgan fingerprint density at radius 1 is 0.944 bits per heavy atom. The Bertz CT molecular complexity index is 562. The molecule has 3 rings (SSSR count). The van der Waals surface area contributed by atoms with Crippen LogP contribution in [0.2, 0.25) is 5.02 Å². The summed E-state index contributed by atoms with van der Waals surface area (Å²) in [5.41, 5.74) is 4.15. The van der Waals surface area contributed by atoms with Crippen LogP contribution in [0.1, 0.15) is 35.7 Å². The van der Waals surface area contributed by atoms with Gasteiger partial charge in [0.1, 0.15) is 0 Å². The molecule has 1 aliphatic heterocycles. The van der Waals surface area contributed by atoms with E-state index in [1.54, 1.807) is 0 Å². The molecule has 0 fully saturated rings. The molecule has 0 unspecified atom stereocenters. The van der Waals surface area contributed by atoms with Crippen LogP contribution >= 0.6 is 11.6 Å². The quantitative estimate of drug-likeness (QED) is 0.730. The largest absolute Gasteiger partial charge is 0.289 e. The van der Waals surface area contributed by atoms with Crippen LogP contribution in [0.25, 0.3) is 0 Å². The smallest absolute Gasteiger partial charge is 0.0607 e. The van der Waals surface area contributed by atoms with E-state index in [1.165, 1.54) is 16.7 Å². The molecule has 1 nitrogen and oxygen atoms in total. The van der Waals surface area contributed by atoms with Crippen molar-refractivity contribution in [3.8, 4) is 0 Å². The molecule has 1 heterocycles. The first kappa shape index (κ1) is 11.8. The monoisotopic (exact) mass is 257 g/mol. The molecule has 0 bridgehead atoms. The summed E-state index contributed by atoms with van der Waals surface area (Å²) in [7, 11) is 2.18. The summed E-state index contributed by atoms with van der Waals surface area (Å²) < 4.78 is 0. The van der Waals surface area contributed by atoms with Crippen LogP contribution < -0.4 is 0 Å². The van der Waals surface area contributed by atoms with E-state index in [0.717, 1.165) is 5.02 Å². The summed E-state index contributed by atoms with van der Waals surface area (Å²) in [4.78, 5) is 2.41. The average Bonchev–Trinajstić information content (AvgIpc) is 2.64. The van der Waals surface area contributed by atoms with Gasteiger partial charge in [0.15, 0.2) is 0 Å². The van der Waals surface area contributed by atoms with E-state index in [1.807, 2.05) is 12.1 Å². The third kappa shape index (κ3) is 1.75. The SMILES string of the molecule is C[C@@H]1c2ccccc2[C@H](c2ccc(Cl)cc2)N1C. The van der Waals surface area contributed by atoms with Gasteiger partial charge < -0.3 is 0 Å². The van der Waals surface area contributed by atoms with Crippen LogP contribution in [0, 0.1) is 0 Å². The minimum atomic E-state index is 0.341. The summed E-state index contributed by atoms with van der Waals surface area (Å²) >= 11 is 5.97. The highest BCUT2D eigenvalue weighted by Gasteiger charge is 2.33. The van der Waals surface area contributed by atoms with Gasteiger partial charge in [0.2, 0.25) is 0 Å². The number of rotatable bonds is 1. The standard InChI is InChI=1S/C16H16ClN/c1-11-14-5-3-4-6-15(14)16(18(11)2)12-7-9-13(17)10-8-12/h3-11,16H,1-2H3/t11-,16+/m1/s1. The molecule has 0 aromatic heterocycles. The number of halogens is 1. The molecule has 2 aromatic carbocycles. The van der Waals surface area contributed by atoms with Gasteiger partial charge in [-0.15, -0.1) is 0 Å². The average molecular weight is 258 g/mol. The molecule has 0 N–H and O–H groups in total. The predicted octanol–water partition coefficient (Wildman–Crippen LogP) is 4.44. The van der Waals surface area contributed by atoms with Crippen LogP contribution in [-0.2, 0) is 0 Å². The summed E-state index contributed by atoms with van der Waals surface area (Å²) in [5.74, 6) is 0. The van der Waals surface area contributed by atoms with Gasteiger partial charge in [-0.2, -0.15) is 0 Å². The number of fused-ring (bicyclic) bond motifs is 1. The lowest BCUT2D eigenvalue weighted by Gasteiger charge is -2.24. The van der Waals surface area contributed by atoms with Gasteiger partial charge in [-0.05, 0) is 42.8 Å². The van der Waals surface area contributed by atoms with Crippen molar-refractivity contribution in [2.45, 2.75) is 19.0 Å². The summed E-state index contributed by atoms with van der Waals surface area (Å²) in [6, 6.07) is 17.7. The number of nitrogens with zero attached hydrogens (tertiary/aromatic N) is 1. The highest BCUT2D eigenvalue weighted by Crippen LogP contribution is 2.43. The predicted molar refractivity (Wildman–Crippen MR) is 75.9 cm³/mol. The molecular formula is C16H16ClN. The second kappa shape index (κ2) is 4.42. The number of hydrogen-bond donors (Lipinski definition) is 0. The van der Waals surface area contributed by atoms with E-state index in [4.69, 9.17) is 11.6 Å². The normalized spacial score (nSPS) is 23.1. The molecule has 0 amide bonds. The first-order chi connectivity index (χ1) is 8.68. The Morgan fingerprint density at radius 2 is 1.56 bits per heavy atom. The molecule has 2 atom stereocenters. The van der Waals surface area contributed by atoms with Crippen molar-refractivity contribution in [1.82, 2.24) is 4.90 Å². The van der Waals surface area contributed by atoms with Gasteiger partial charge in [-0.3, -0.25) is 4.90 Å². The minimum absolute atomic E-state index is 0.341. The molecule has 2 aromatic rings. The van der Waals surface area contributed by atoms with E-state index in [2.05, 4.69) is 55.3 Å². The lowest BCUT2D eigenvalue weighted by atomic mass is 9.97. The van der Waals surface area contributed by atoms with Crippen molar-refractivity contribution in [3.05, 3.63) is 70.2 Å². The fourth-order valence-electron chi connectivity index (χ4n) is 2.86. The number of benzene rings is 2. The second-order valence-electron chi connectivity index (χ2n) is 4.92. The van der Waals surface area contributed by atoms with Crippen molar-refractivity contribution in [2.75, 3.05) is 7.05 Å². The highest BCUT2D eigenvalue weighted by molar-refractivity contribution is 6.30. The van der Waals surface area contributed by atoms with Crippen LogP contribution in [-0.4, -0.2) is 11.9 Å². The minimum Gasteiger partial charge on any atom is -0.289 e. The zero-order valence-electron chi connectivity index (χ0n) is 10.6. The number of hydrogen-bond acceptors (Lipinski definition) is 1. The molecule has 0 spiro atoms. The molecule has 0 saturated heterocycles. The molecule has 18 heavy (non-hydrogen) atoms. The molecular weight excluding hydrogens is 242 g/mol. The van der Waals surface area contributed by atoms with E-state index in [-0.39, 0.29) is 0 Å². The van der Waals surface area contributed by atoms with Crippen molar-refractivity contribution in [3.63, 3.8) is 0 Å². The van der Waals surface area contributed by atoms with Crippen LogP contribution in [0.5, 0.6) is 0 Å². The first-order valence-electron chi connectivity index (χ1n) is 6.24. The fourth-order valence-corrected chi connectivity index (χ4v) is 2.99. The maximum atomic E-state index is 5.97. The molecule has 0 saturated carbocycles. The molecule has 92 valence electrons. The molecule has 2 heteroatoms. The van der Waals surface area contributed by atoms with E-state index >= 15 is 0 Å². The maximum Gasteiger partial charge on any atom is 0.0607 e. The van der Waals surface area contributed by atoms with Gasteiger partial charge in [0, 0.05) is 11.1 Å². The van der Waals surface area contributed by atoms with Crippen LogP contribution in [0.4, 0.5) is 0 Å². The Labute approximate surface area is 113 Å². The summed E-state index contributed by atoms with van der Waals surface area (Å²) in [6.45, 7) is 2.26. The van der Waals surface area contributed by atoms with Gasteiger partial charge >= 0.3 is 0 Å². The van der Waals surface area contributed by atoms with E-state index in [0.29, 0.717) is 12.1 Å². The van der Waals surface area contributed by atoms with Gasteiger partial charge in [0.05, 0.1) is 6.04 Å². The van der Waals surface area contributed by atoms with Crippen molar-refractivity contribution < 1.29 is 0 Å². The zero-order chi connectivity index (χ0) is 12.7. The van der Waals surface area contributed by atoms with E-state index in [9.17, 15) is 0 Å². The summed E-state index contributed by atoms with van der Waals surface area (Å²) in [6.07, 6.45) is 0. The second-order valence-corrected chi connectivity index (χ2v) is 5.36. The first-order valence-corrected chi connectivity index (χ1v) is 6.62. The van der Waals surface area contributed by atoms with Gasteiger partial charge in [0.25, 0.3) is 0 Å². The Kier molecular flexibility index (Phi) is 2.89. The summed E-state index contributed by atoms with van der Waals surface area (Å²) in [5, 5.41) is 0.792. The van der Waals surface area contributed by atoms with Crippen molar-refractivity contribution >= 4 is 11.6 Å². The Balaban J connectivity index is 2.10. The molecule has 1 aliphatic rings. The third-order valence-corrected chi connectivity index (χ3v) is 4.20. The Morgan fingerprint density at radius 3 is 2.22 bits per heavy atom. The van der Waals surface area contributed by atoms with Crippen LogP contribution in [0.3, 0.4) is 0 Å². The zero-order valence-corrected chi connectivity index (χ0v) is 11.4. The fraction of sp³-hybridized carbons (Fsp3) is 0.250. The van der Waals surface area contributed by atoms with Crippen molar-refractivity contribution in [2.24, 2.45) is 0 Å². The van der Waals surface area contributed by atoms with E-state index < -0.39 is 0 Å².